The van der Waals surface area contributed by atoms with Crippen LogP contribution in [0.2, 0.25) is 0 Å². The van der Waals surface area contributed by atoms with Gasteiger partial charge in [-0.25, -0.2) is 14.4 Å². The molecule has 8 nitrogen and oxygen atoms in total. The van der Waals surface area contributed by atoms with Crippen molar-refractivity contribution >= 4 is 5.82 Å². The summed E-state index contributed by atoms with van der Waals surface area (Å²) < 4.78 is 27.8. The molecule has 4 heterocycles. The van der Waals surface area contributed by atoms with E-state index in [2.05, 4.69) is 16.2 Å². The number of aryl methyl sites for hydroxylation is 3. The summed E-state index contributed by atoms with van der Waals surface area (Å²) in [7, 11) is 1.75. The first-order valence-corrected chi connectivity index (χ1v) is 11.0. The zero-order valence-corrected chi connectivity index (χ0v) is 18.6. The largest absolute Gasteiger partial charge is 0.482 e. The Balaban J connectivity index is 1.64. The van der Waals surface area contributed by atoms with E-state index >= 15 is 0 Å². The Labute approximate surface area is 191 Å². The van der Waals surface area contributed by atoms with E-state index in [0.29, 0.717) is 73.1 Å². The second-order valence-corrected chi connectivity index (χ2v) is 8.89. The Morgan fingerprint density at radius 1 is 1.27 bits per heavy atom. The predicted octanol–water partition coefficient (Wildman–Crippen LogP) is 3.30. The normalized spacial score (nSPS) is 19.4. The lowest BCUT2D eigenvalue weighted by molar-refractivity contribution is -0.165. The van der Waals surface area contributed by atoms with Gasteiger partial charge in [0.05, 0.1) is 42.1 Å². The topological polar surface area (TPSA) is 112 Å². The number of anilines is 1. The summed E-state index contributed by atoms with van der Waals surface area (Å²) >= 11 is 0. The summed E-state index contributed by atoms with van der Waals surface area (Å²) in [5.41, 5.74) is 9.50. The third kappa shape index (κ3) is 3.80. The van der Waals surface area contributed by atoms with Crippen LogP contribution in [0.3, 0.4) is 0 Å². The van der Waals surface area contributed by atoms with Crippen LogP contribution in [-0.2, 0) is 24.6 Å². The number of nitriles is 1. The molecular weight excluding hydrogens is 423 g/mol. The highest BCUT2D eigenvalue weighted by atomic mass is 19.1. The van der Waals surface area contributed by atoms with Gasteiger partial charge in [0.2, 0.25) is 0 Å². The van der Waals surface area contributed by atoms with Crippen molar-refractivity contribution in [3.8, 4) is 23.1 Å². The highest BCUT2D eigenvalue weighted by Crippen LogP contribution is 2.38. The van der Waals surface area contributed by atoms with Gasteiger partial charge in [0.1, 0.15) is 29.1 Å². The van der Waals surface area contributed by atoms with Crippen molar-refractivity contribution in [2.24, 2.45) is 7.05 Å². The number of nitrogens with two attached hydrogens (primary N) is 1. The van der Waals surface area contributed by atoms with Gasteiger partial charge in [0, 0.05) is 7.05 Å². The molecule has 1 aromatic carbocycles. The standard InChI is InChI=1S/C24H25FN6O2/c1-14-3-5-18-23(27)28-11-19(29-18)22-17(30-31(2)20(22)10-26)7-8-24(12-32-13-24)33-21-6-4-15(25)9-16(14)21/h4,6,9,11,14H,3,5,7-8,12-13H2,1-2H3,(H2,27,28)/t14-/m0/s1. The number of aromatic nitrogens is 4. The lowest BCUT2D eigenvalue weighted by Gasteiger charge is -2.42. The molecule has 2 aliphatic rings. The van der Waals surface area contributed by atoms with Crippen LogP contribution in [0, 0.1) is 17.1 Å². The maximum Gasteiger partial charge on any atom is 0.156 e. The third-order valence-corrected chi connectivity index (χ3v) is 6.55. The fourth-order valence-corrected chi connectivity index (χ4v) is 4.56. The number of nitrogens with zero attached hydrogens (tertiary/aromatic N) is 5. The molecule has 9 heteroatoms. The van der Waals surface area contributed by atoms with Crippen molar-refractivity contribution in [2.45, 2.75) is 44.1 Å². The number of hydrogen-bond donors (Lipinski definition) is 1. The Hall–Kier alpha value is -3.51. The van der Waals surface area contributed by atoms with Crippen LogP contribution in [0.4, 0.5) is 10.2 Å². The van der Waals surface area contributed by atoms with Crippen LogP contribution in [0.25, 0.3) is 11.3 Å². The van der Waals surface area contributed by atoms with Crippen molar-refractivity contribution in [1.29, 1.82) is 5.26 Å². The van der Waals surface area contributed by atoms with Crippen molar-refractivity contribution in [3.05, 3.63) is 52.9 Å². The smallest absolute Gasteiger partial charge is 0.156 e. The molecule has 170 valence electrons. The highest BCUT2D eigenvalue weighted by molar-refractivity contribution is 5.68. The summed E-state index contributed by atoms with van der Waals surface area (Å²) in [6.07, 6.45) is 4.01. The van der Waals surface area contributed by atoms with E-state index < -0.39 is 5.60 Å². The zero-order chi connectivity index (χ0) is 23.2. The van der Waals surface area contributed by atoms with Crippen molar-refractivity contribution in [3.63, 3.8) is 0 Å². The van der Waals surface area contributed by atoms with Gasteiger partial charge in [-0.1, -0.05) is 6.92 Å². The van der Waals surface area contributed by atoms with Gasteiger partial charge >= 0.3 is 0 Å². The molecular formula is C24H25FN6O2. The fraction of sp³-hybridized carbons (Fsp3) is 0.417. The second kappa shape index (κ2) is 8.12. The summed E-state index contributed by atoms with van der Waals surface area (Å²) in [5.74, 6) is 0.720. The van der Waals surface area contributed by atoms with E-state index in [1.54, 1.807) is 30.1 Å². The first-order valence-electron chi connectivity index (χ1n) is 11.0. The molecule has 1 fully saturated rings. The monoisotopic (exact) mass is 448 g/mol. The van der Waals surface area contributed by atoms with Crippen LogP contribution in [0.5, 0.6) is 5.75 Å². The predicted molar refractivity (Wildman–Crippen MR) is 119 cm³/mol. The molecule has 2 N–H and O–H groups in total. The van der Waals surface area contributed by atoms with Gasteiger partial charge in [-0.05, 0) is 55.4 Å². The van der Waals surface area contributed by atoms with Crippen molar-refractivity contribution < 1.29 is 13.9 Å². The quantitative estimate of drug-likeness (QED) is 0.561. The van der Waals surface area contributed by atoms with E-state index in [-0.39, 0.29) is 11.7 Å². The van der Waals surface area contributed by atoms with Gasteiger partial charge < -0.3 is 15.2 Å². The van der Waals surface area contributed by atoms with Crippen molar-refractivity contribution in [2.75, 3.05) is 18.9 Å². The Morgan fingerprint density at radius 3 is 2.82 bits per heavy atom. The van der Waals surface area contributed by atoms with Crippen LogP contribution >= 0.6 is 0 Å². The number of nitrogen functional groups attached to an aromatic ring is 1. The van der Waals surface area contributed by atoms with E-state index in [1.165, 1.54) is 6.07 Å². The molecule has 0 saturated carbocycles. The number of ether oxygens (including phenoxy) is 2. The summed E-state index contributed by atoms with van der Waals surface area (Å²) in [4.78, 5) is 9.14. The Kier molecular flexibility index (Phi) is 5.25. The number of rotatable bonds is 0. The molecule has 3 aromatic rings. The lowest BCUT2D eigenvalue weighted by Crippen LogP contribution is -2.54. The number of benzene rings is 1. The maximum atomic E-state index is 14.2. The molecule has 1 atom stereocenters. The first-order chi connectivity index (χ1) is 15.9. The van der Waals surface area contributed by atoms with E-state index in [4.69, 9.17) is 20.2 Å². The maximum absolute atomic E-state index is 14.2. The molecule has 33 heavy (non-hydrogen) atoms. The SMILES string of the molecule is C[C@H]1CCc2nc(cnc2N)-c2c(nn(C)c2C#N)CCC2(COC2)Oc2ccc(F)cc21. The molecule has 2 bridgehead atoms. The number of halogens is 1. The molecule has 0 amide bonds. The number of fused-ring (bicyclic) bond motifs is 5. The summed E-state index contributed by atoms with van der Waals surface area (Å²) in [6, 6.07) is 6.91. The third-order valence-electron chi connectivity index (χ3n) is 6.55. The number of hydrogen-bond acceptors (Lipinski definition) is 7. The van der Waals surface area contributed by atoms with Gasteiger partial charge in [-0.15, -0.1) is 0 Å². The summed E-state index contributed by atoms with van der Waals surface area (Å²) in [6.45, 7) is 2.92. The lowest BCUT2D eigenvalue weighted by atomic mass is 9.91. The van der Waals surface area contributed by atoms with Crippen LogP contribution in [0.1, 0.15) is 48.3 Å². The molecule has 0 aliphatic carbocycles. The Morgan fingerprint density at radius 2 is 2.09 bits per heavy atom. The average molecular weight is 449 g/mol. The second-order valence-electron chi connectivity index (χ2n) is 8.89. The van der Waals surface area contributed by atoms with Gasteiger partial charge in [0.15, 0.2) is 5.60 Å². The molecule has 2 aromatic heterocycles. The fourth-order valence-electron chi connectivity index (χ4n) is 4.56. The molecule has 2 aliphatic heterocycles. The van der Waals surface area contributed by atoms with Gasteiger partial charge in [0.25, 0.3) is 0 Å². The van der Waals surface area contributed by atoms with Crippen molar-refractivity contribution in [1.82, 2.24) is 19.7 Å². The first kappa shape index (κ1) is 21.3. The van der Waals surface area contributed by atoms with Gasteiger partial charge in [-0.3, -0.25) is 4.68 Å². The van der Waals surface area contributed by atoms with Crippen LogP contribution < -0.4 is 10.5 Å². The highest BCUT2D eigenvalue weighted by Gasteiger charge is 2.42. The van der Waals surface area contributed by atoms with Crippen LogP contribution in [0.15, 0.2) is 24.4 Å². The molecule has 1 spiro atoms. The van der Waals surface area contributed by atoms with E-state index in [9.17, 15) is 9.65 Å². The van der Waals surface area contributed by atoms with Gasteiger partial charge in [-0.2, -0.15) is 10.4 Å². The Bertz CT molecular complexity index is 1260. The zero-order valence-electron chi connectivity index (χ0n) is 18.6. The van der Waals surface area contributed by atoms with E-state index in [1.807, 2.05) is 6.92 Å². The molecule has 5 rings (SSSR count). The minimum Gasteiger partial charge on any atom is -0.482 e. The molecule has 0 unspecified atom stereocenters. The minimum absolute atomic E-state index is 0.00478. The minimum atomic E-state index is -0.532. The average Bonchev–Trinajstić information content (AvgIpc) is 3.10. The summed E-state index contributed by atoms with van der Waals surface area (Å²) in [5, 5.41) is 14.4. The molecule has 0 radical (unpaired) electrons. The molecule has 1 saturated heterocycles. The van der Waals surface area contributed by atoms with Crippen LogP contribution in [-0.4, -0.2) is 38.6 Å². The van der Waals surface area contributed by atoms with E-state index in [0.717, 1.165) is 11.3 Å².